The molecule has 0 aromatic heterocycles. The van der Waals surface area contributed by atoms with Crippen LogP contribution in [0.3, 0.4) is 0 Å². The lowest BCUT2D eigenvalue weighted by Crippen LogP contribution is -2.40. The van der Waals surface area contributed by atoms with E-state index >= 15 is 0 Å². The monoisotopic (exact) mass is 455 g/mol. The number of hydrogen-bond donors (Lipinski definition) is 0. The van der Waals surface area contributed by atoms with E-state index in [4.69, 9.17) is 16.3 Å². The number of nitrogens with zero attached hydrogens (tertiary/aromatic N) is 1. The summed E-state index contributed by atoms with van der Waals surface area (Å²) in [5, 5.41) is 0.537. The van der Waals surface area contributed by atoms with Crippen LogP contribution in [0.25, 0.3) is 0 Å². The van der Waals surface area contributed by atoms with Crippen LogP contribution in [-0.4, -0.2) is 41.6 Å². The third-order valence-electron chi connectivity index (χ3n) is 7.55. The number of ether oxygens (including phenoxy) is 1. The van der Waals surface area contributed by atoms with E-state index in [-0.39, 0.29) is 54.3 Å². The van der Waals surface area contributed by atoms with E-state index in [0.717, 1.165) is 6.42 Å². The number of halogens is 1. The first kappa shape index (κ1) is 21.4. The first-order valence-electron chi connectivity index (χ1n) is 11.4. The quantitative estimate of drug-likeness (QED) is 0.186. The number of Topliss-reactive ketones (excluding diaryl/α,β-unsaturated/α-hetero) is 1. The summed E-state index contributed by atoms with van der Waals surface area (Å²) in [6.45, 7) is 0.127. The minimum atomic E-state index is -0.423. The van der Waals surface area contributed by atoms with Gasteiger partial charge in [0.25, 0.3) is 0 Å². The van der Waals surface area contributed by atoms with Gasteiger partial charge in [-0.25, -0.2) is 0 Å². The van der Waals surface area contributed by atoms with Crippen LogP contribution in [0.4, 0.5) is 0 Å². The van der Waals surface area contributed by atoms with E-state index in [1.54, 1.807) is 24.3 Å². The summed E-state index contributed by atoms with van der Waals surface area (Å²) in [4.78, 5) is 51.3. The van der Waals surface area contributed by atoms with Crippen LogP contribution in [0.15, 0.2) is 36.4 Å². The molecule has 32 heavy (non-hydrogen) atoms. The molecule has 6 rings (SSSR count). The molecule has 6 atom stereocenters. The molecule has 1 aromatic rings. The molecule has 2 bridgehead atoms. The number of imide groups is 1. The molecule has 0 spiro atoms. The molecule has 1 saturated heterocycles. The SMILES string of the molecule is O=C(CCCCCN1C(=O)[C@H]2[C@@H]3C=C[C@H]([C@H]4C[C@H]34)[C@@H]2C1=O)OCC(=O)c1ccc(Cl)cc1. The van der Waals surface area contributed by atoms with Crippen molar-refractivity contribution in [3.05, 3.63) is 47.0 Å². The molecule has 6 nitrogen and oxygen atoms in total. The van der Waals surface area contributed by atoms with E-state index in [1.165, 1.54) is 4.90 Å². The van der Waals surface area contributed by atoms with Gasteiger partial charge < -0.3 is 4.74 Å². The summed E-state index contributed by atoms with van der Waals surface area (Å²) in [5.74, 6) is 0.750. The van der Waals surface area contributed by atoms with E-state index in [2.05, 4.69) is 12.2 Å². The van der Waals surface area contributed by atoms with Gasteiger partial charge in [0.1, 0.15) is 0 Å². The van der Waals surface area contributed by atoms with Crippen molar-refractivity contribution in [2.45, 2.75) is 32.1 Å². The molecule has 2 saturated carbocycles. The number of amides is 2. The van der Waals surface area contributed by atoms with Crippen LogP contribution >= 0.6 is 11.6 Å². The third-order valence-corrected chi connectivity index (χ3v) is 7.80. The molecule has 1 heterocycles. The van der Waals surface area contributed by atoms with Crippen molar-refractivity contribution in [1.82, 2.24) is 4.90 Å². The van der Waals surface area contributed by atoms with Crippen molar-refractivity contribution in [3.8, 4) is 0 Å². The molecule has 1 aromatic carbocycles. The highest BCUT2D eigenvalue weighted by atomic mass is 35.5. The number of rotatable bonds is 9. The maximum Gasteiger partial charge on any atom is 0.306 e. The van der Waals surface area contributed by atoms with Gasteiger partial charge in [-0.2, -0.15) is 0 Å². The van der Waals surface area contributed by atoms with Gasteiger partial charge in [0.05, 0.1) is 11.8 Å². The molecule has 3 fully saturated rings. The number of carbonyl (C=O) groups excluding carboxylic acids is 4. The average Bonchev–Trinajstić information content (AvgIpc) is 3.57. The van der Waals surface area contributed by atoms with Gasteiger partial charge in [-0.15, -0.1) is 0 Å². The number of allylic oxidation sites excluding steroid dienone is 2. The van der Waals surface area contributed by atoms with E-state index in [1.807, 2.05) is 0 Å². The molecule has 4 aliphatic carbocycles. The van der Waals surface area contributed by atoms with E-state index < -0.39 is 5.97 Å². The van der Waals surface area contributed by atoms with Crippen molar-refractivity contribution in [1.29, 1.82) is 0 Å². The lowest BCUT2D eigenvalue weighted by molar-refractivity contribution is -0.143. The number of carbonyl (C=O) groups is 4. The maximum absolute atomic E-state index is 12.9. The highest BCUT2D eigenvalue weighted by Crippen LogP contribution is 2.65. The fraction of sp³-hybridized carbons (Fsp3) is 0.520. The van der Waals surface area contributed by atoms with Gasteiger partial charge in [0.2, 0.25) is 11.8 Å². The van der Waals surface area contributed by atoms with Crippen LogP contribution in [0.2, 0.25) is 5.02 Å². The van der Waals surface area contributed by atoms with Gasteiger partial charge in [0.15, 0.2) is 12.4 Å². The Balaban J connectivity index is 1.02. The third kappa shape index (κ3) is 3.79. The summed E-state index contributed by atoms with van der Waals surface area (Å²) in [6.07, 6.45) is 7.70. The van der Waals surface area contributed by atoms with Gasteiger partial charge >= 0.3 is 5.97 Å². The number of ketones is 1. The molecular formula is C25H26ClNO5. The smallest absolute Gasteiger partial charge is 0.306 e. The van der Waals surface area contributed by atoms with Crippen molar-refractivity contribution in [2.24, 2.45) is 35.5 Å². The normalized spacial score (nSPS) is 31.5. The van der Waals surface area contributed by atoms with Gasteiger partial charge in [-0.05, 0) is 67.2 Å². The van der Waals surface area contributed by atoms with Gasteiger partial charge in [0, 0.05) is 23.6 Å². The van der Waals surface area contributed by atoms with E-state index in [0.29, 0.717) is 48.2 Å². The molecular weight excluding hydrogens is 430 g/mol. The fourth-order valence-electron chi connectivity index (χ4n) is 5.89. The molecule has 1 aliphatic heterocycles. The van der Waals surface area contributed by atoms with Crippen molar-refractivity contribution < 1.29 is 23.9 Å². The second-order valence-corrected chi connectivity index (χ2v) is 9.82. The molecule has 0 unspecified atom stereocenters. The van der Waals surface area contributed by atoms with Crippen LogP contribution in [-0.2, 0) is 19.1 Å². The largest absolute Gasteiger partial charge is 0.457 e. The predicted octanol–water partition coefficient (Wildman–Crippen LogP) is 3.68. The van der Waals surface area contributed by atoms with Crippen LogP contribution in [0, 0.1) is 35.5 Å². The minimum Gasteiger partial charge on any atom is -0.457 e. The Hall–Kier alpha value is -2.47. The maximum atomic E-state index is 12.9. The zero-order chi connectivity index (χ0) is 22.4. The lowest BCUT2D eigenvalue weighted by Gasteiger charge is -2.37. The summed E-state index contributed by atoms with van der Waals surface area (Å²) >= 11 is 5.80. The average molecular weight is 456 g/mol. The number of esters is 1. The van der Waals surface area contributed by atoms with Crippen molar-refractivity contribution in [3.63, 3.8) is 0 Å². The first-order chi connectivity index (χ1) is 15.5. The zero-order valence-electron chi connectivity index (χ0n) is 17.7. The Morgan fingerprint density at radius 3 is 2.19 bits per heavy atom. The van der Waals surface area contributed by atoms with Crippen molar-refractivity contribution >= 4 is 35.2 Å². The van der Waals surface area contributed by atoms with Crippen molar-refractivity contribution in [2.75, 3.05) is 13.2 Å². The number of likely N-dealkylation sites (tertiary alicyclic amines) is 1. The Morgan fingerprint density at radius 2 is 1.56 bits per heavy atom. The Labute approximate surface area is 191 Å². The summed E-state index contributed by atoms with van der Waals surface area (Å²) < 4.78 is 5.06. The van der Waals surface area contributed by atoms with Crippen LogP contribution < -0.4 is 0 Å². The van der Waals surface area contributed by atoms with E-state index in [9.17, 15) is 19.2 Å². The fourth-order valence-corrected chi connectivity index (χ4v) is 6.02. The Bertz CT molecular complexity index is 951. The molecule has 7 heteroatoms. The molecule has 0 N–H and O–H groups in total. The molecule has 168 valence electrons. The van der Waals surface area contributed by atoms with Gasteiger partial charge in [-0.3, -0.25) is 24.1 Å². The minimum absolute atomic E-state index is 0.00446. The topological polar surface area (TPSA) is 80.8 Å². The summed E-state index contributed by atoms with van der Waals surface area (Å²) in [7, 11) is 0. The summed E-state index contributed by atoms with van der Waals surface area (Å²) in [6, 6.07) is 6.43. The second-order valence-electron chi connectivity index (χ2n) is 9.38. The number of unbranched alkanes of at least 4 members (excludes halogenated alkanes) is 2. The first-order valence-corrected chi connectivity index (χ1v) is 11.8. The Morgan fingerprint density at radius 1 is 0.938 bits per heavy atom. The number of benzene rings is 1. The Kier molecular flexibility index (Phi) is 5.66. The highest BCUT2D eigenvalue weighted by molar-refractivity contribution is 6.30. The van der Waals surface area contributed by atoms with Gasteiger partial charge in [-0.1, -0.05) is 30.2 Å². The summed E-state index contributed by atoms with van der Waals surface area (Å²) in [5.41, 5.74) is 0.448. The zero-order valence-corrected chi connectivity index (χ0v) is 18.5. The molecule has 5 aliphatic rings. The lowest BCUT2D eigenvalue weighted by atomic mass is 9.63. The highest BCUT2D eigenvalue weighted by Gasteiger charge is 2.66. The van der Waals surface area contributed by atoms with Crippen LogP contribution in [0.1, 0.15) is 42.5 Å². The molecule has 2 amide bonds. The van der Waals surface area contributed by atoms with Crippen LogP contribution in [0.5, 0.6) is 0 Å². The predicted molar refractivity (Wildman–Crippen MR) is 117 cm³/mol. The standard InChI is InChI=1S/C25H26ClNO5/c26-15-7-5-14(6-8-15)20(28)13-32-21(29)4-2-1-3-11-27-24(30)22-16-9-10-17(19-12-18(16)19)23(22)25(27)31/h5-10,16-19,22-23H,1-4,11-13H2/t16-,17-,18-,19-,22+,23+/m1/s1. The number of hydrogen-bond acceptors (Lipinski definition) is 5. The second kappa shape index (κ2) is 8.47. The molecule has 0 radical (unpaired) electrons.